The van der Waals surface area contributed by atoms with E-state index in [1.807, 2.05) is 11.6 Å². The van der Waals surface area contributed by atoms with Crippen LogP contribution in [0.4, 0.5) is 13.2 Å². The van der Waals surface area contributed by atoms with Crippen molar-refractivity contribution in [2.24, 2.45) is 0 Å². The van der Waals surface area contributed by atoms with Crippen molar-refractivity contribution in [3.63, 3.8) is 0 Å². The van der Waals surface area contributed by atoms with E-state index in [9.17, 15) is 18.0 Å². The van der Waals surface area contributed by atoms with Gasteiger partial charge in [-0.15, -0.1) is 0 Å². The molecule has 0 radical (unpaired) electrons. The van der Waals surface area contributed by atoms with Gasteiger partial charge in [-0.05, 0) is 19.1 Å². The summed E-state index contributed by atoms with van der Waals surface area (Å²) in [6.07, 6.45) is -0.465. The highest BCUT2D eigenvalue weighted by molar-refractivity contribution is 8.00. The minimum Gasteiger partial charge on any atom is -0.346 e. The van der Waals surface area contributed by atoms with Gasteiger partial charge in [0.05, 0.1) is 6.54 Å². The number of amides is 1. The molecule has 0 rings (SSSR count). The standard InChI is InChI=1S/C11H21F3N2OS/c1-4-10(5-2,18-3)7-15-6-9(17)16-8-11(12,13)14/h15H,4-8H2,1-3H3,(H,16,17). The topological polar surface area (TPSA) is 41.1 Å². The first-order valence-corrected chi connectivity index (χ1v) is 7.10. The zero-order chi connectivity index (χ0) is 14.2. The molecule has 0 aliphatic heterocycles. The van der Waals surface area contributed by atoms with E-state index in [0.717, 1.165) is 12.8 Å². The lowest BCUT2D eigenvalue weighted by Gasteiger charge is -2.29. The first-order chi connectivity index (χ1) is 8.28. The molecule has 0 spiro atoms. The summed E-state index contributed by atoms with van der Waals surface area (Å²) in [7, 11) is 0. The number of rotatable bonds is 8. The Bertz CT molecular complexity index is 247. The van der Waals surface area contributed by atoms with Crippen molar-refractivity contribution < 1.29 is 18.0 Å². The predicted octanol–water partition coefficient (Wildman–Crippen LogP) is 2.18. The highest BCUT2D eigenvalue weighted by atomic mass is 32.2. The van der Waals surface area contributed by atoms with E-state index in [2.05, 4.69) is 19.2 Å². The van der Waals surface area contributed by atoms with Crippen molar-refractivity contribution in [2.75, 3.05) is 25.9 Å². The third-order valence-electron chi connectivity index (χ3n) is 2.94. The zero-order valence-corrected chi connectivity index (χ0v) is 11.8. The Morgan fingerprint density at radius 3 is 2.11 bits per heavy atom. The molecular formula is C11H21F3N2OS. The fourth-order valence-electron chi connectivity index (χ4n) is 1.53. The fraction of sp³-hybridized carbons (Fsp3) is 0.909. The second-order valence-corrected chi connectivity index (χ2v) is 5.36. The van der Waals surface area contributed by atoms with E-state index in [-0.39, 0.29) is 11.3 Å². The van der Waals surface area contributed by atoms with Crippen LogP contribution < -0.4 is 10.6 Å². The third-order valence-corrected chi connectivity index (χ3v) is 4.53. The predicted molar refractivity (Wildman–Crippen MR) is 68.8 cm³/mol. The highest BCUT2D eigenvalue weighted by Gasteiger charge is 2.28. The Hall–Kier alpha value is -0.430. The van der Waals surface area contributed by atoms with Crippen molar-refractivity contribution in [3.8, 4) is 0 Å². The second-order valence-electron chi connectivity index (χ2n) is 4.09. The number of thioether (sulfide) groups is 1. The molecule has 18 heavy (non-hydrogen) atoms. The first kappa shape index (κ1) is 17.6. The van der Waals surface area contributed by atoms with Crippen molar-refractivity contribution in [2.45, 2.75) is 37.6 Å². The van der Waals surface area contributed by atoms with Gasteiger partial charge in [0.25, 0.3) is 0 Å². The molecule has 0 atom stereocenters. The maximum atomic E-state index is 11.9. The summed E-state index contributed by atoms with van der Waals surface area (Å²) in [6, 6.07) is 0. The van der Waals surface area contributed by atoms with Crippen LogP contribution >= 0.6 is 11.8 Å². The summed E-state index contributed by atoms with van der Waals surface area (Å²) in [5.41, 5.74) is 0. The highest BCUT2D eigenvalue weighted by Crippen LogP contribution is 2.29. The number of carbonyl (C=O) groups excluding carboxylic acids is 1. The molecule has 0 saturated heterocycles. The van der Waals surface area contributed by atoms with Crippen LogP contribution in [0.1, 0.15) is 26.7 Å². The minimum absolute atomic E-state index is 0.0459. The SMILES string of the molecule is CCC(CC)(CNCC(=O)NCC(F)(F)F)SC. The van der Waals surface area contributed by atoms with Gasteiger partial charge in [-0.1, -0.05) is 13.8 Å². The van der Waals surface area contributed by atoms with Crippen LogP contribution in [0, 0.1) is 0 Å². The Balaban J connectivity index is 3.93. The Kier molecular flexibility index (Phi) is 7.70. The van der Waals surface area contributed by atoms with Gasteiger partial charge < -0.3 is 10.6 Å². The van der Waals surface area contributed by atoms with Gasteiger partial charge >= 0.3 is 6.18 Å². The molecule has 0 aliphatic rings. The van der Waals surface area contributed by atoms with Crippen LogP contribution in [-0.4, -0.2) is 42.7 Å². The molecule has 0 unspecified atom stereocenters. The van der Waals surface area contributed by atoms with E-state index in [4.69, 9.17) is 0 Å². The number of nitrogens with one attached hydrogen (secondary N) is 2. The van der Waals surface area contributed by atoms with Gasteiger partial charge in [-0.3, -0.25) is 4.79 Å². The molecule has 3 nitrogen and oxygen atoms in total. The number of alkyl halides is 3. The molecule has 108 valence electrons. The molecule has 1 amide bonds. The van der Waals surface area contributed by atoms with Gasteiger partial charge in [0, 0.05) is 11.3 Å². The van der Waals surface area contributed by atoms with Gasteiger partial charge in [0.15, 0.2) is 0 Å². The summed E-state index contributed by atoms with van der Waals surface area (Å²) < 4.78 is 35.6. The minimum atomic E-state index is -4.36. The molecule has 0 aromatic carbocycles. The van der Waals surface area contributed by atoms with Gasteiger partial charge in [0.1, 0.15) is 6.54 Å². The molecule has 7 heteroatoms. The maximum Gasteiger partial charge on any atom is 0.405 e. The molecule has 0 aromatic heterocycles. The largest absolute Gasteiger partial charge is 0.405 e. The lowest BCUT2D eigenvalue weighted by molar-refractivity contribution is -0.137. The Labute approximate surface area is 110 Å². The molecule has 2 N–H and O–H groups in total. The summed E-state index contributed by atoms with van der Waals surface area (Å²) in [5.74, 6) is -0.630. The lowest BCUT2D eigenvalue weighted by atomic mass is 10.0. The van der Waals surface area contributed by atoms with Crippen LogP contribution in [0.25, 0.3) is 0 Å². The molecule has 0 aliphatic carbocycles. The van der Waals surface area contributed by atoms with Crippen molar-refractivity contribution >= 4 is 17.7 Å². The van der Waals surface area contributed by atoms with Gasteiger partial charge in [0.2, 0.25) is 5.91 Å². The molecule has 0 aromatic rings. The first-order valence-electron chi connectivity index (χ1n) is 5.88. The third kappa shape index (κ3) is 7.10. The van der Waals surface area contributed by atoms with E-state index in [0.29, 0.717) is 6.54 Å². The summed E-state index contributed by atoms with van der Waals surface area (Å²) in [4.78, 5) is 11.2. The van der Waals surface area contributed by atoms with Crippen molar-refractivity contribution in [1.29, 1.82) is 0 Å². The fourth-order valence-corrected chi connectivity index (χ4v) is 2.35. The zero-order valence-electron chi connectivity index (χ0n) is 11.0. The molecule has 0 saturated carbocycles. The monoisotopic (exact) mass is 286 g/mol. The normalized spacial score (nSPS) is 12.6. The Morgan fingerprint density at radius 2 is 1.72 bits per heavy atom. The van der Waals surface area contributed by atoms with Crippen LogP contribution in [0.2, 0.25) is 0 Å². The maximum absolute atomic E-state index is 11.9. The quantitative estimate of drug-likeness (QED) is 0.718. The van der Waals surface area contributed by atoms with E-state index < -0.39 is 18.6 Å². The smallest absolute Gasteiger partial charge is 0.346 e. The number of carbonyl (C=O) groups is 1. The van der Waals surface area contributed by atoms with Crippen molar-refractivity contribution in [1.82, 2.24) is 10.6 Å². The molecule has 0 bridgehead atoms. The van der Waals surface area contributed by atoms with Crippen LogP contribution in [0.3, 0.4) is 0 Å². The van der Waals surface area contributed by atoms with Crippen LogP contribution in [0.15, 0.2) is 0 Å². The Morgan fingerprint density at radius 1 is 1.17 bits per heavy atom. The average molecular weight is 286 g/mol. The average Bonchev–Trinajstić information content (AvgIpc) is 2.32. The number of hydrogen-bond acceptors (Lipinski definition) is 3. The summed E-state index contributed by atoms with van der Waals surface area (Å²) >= 11 is 1.71. The van der Waals surface area contributed by atoms with Crippen molar-refractivity contribution in [3.05, 3.63) is 0 Å². The molecule has 0 heterocycles. The summed E-state index contributed by atoms with van der Waals surface area (Å²) in [5, 5.41) is 4.74. The van der Waals surface area contributed by atoms with E-state index >= 15 is 0 Å². The molecule has 0 fully saturated rings. The van der Waals surface area contributed by atoms with Gasteiger partial charge in [-0.25, -0.2) is 0 Å². The van der Waals surface area contributed by atoms with E-state index in [1.165, 1.54) is 0 Å². The number of hydrogen-bond donors (Lipinski definition) is 2. The lowest BCUT2D eigenvalue weighted by Crippen LogP contribution is -2.43. The van der Waals surface area contributed by atoms with E-state index in [1.54, 1.807) is 11.8 Å². The van der Waals surface area contributed by atoms with Crippen LogP contribution in [0.5, 0.6) is 0 Å². The summed E-state index contributed by atoms with van der Waals surface area (Å²) in [6.45, 7) is 3.37. The van der Waals surface area contributed by atoms with Crippen LogP contribution in [-0.2, 0) is 4.79 Å². The second kappa shape index (κ2) is 7.89. The van der Waals surface area contributed by atoms with Gasteiger partial charge in [-0.2, -0.15) is 24.9 Å². The number of halogens is 3. The molecular weight excluding hydrogens is 265 g/mol.